The molecule has 0 bridgehead atoms. The summed E-state index contributed by atoms with van der Waals surface area (Å²) in [6.45, 7) is 2.40. The largest absolute Gasteiger partial charge is 0.369 e. The van der Waals surface area contributed by atoms with Crippen molar-refractivity contribution in [3.63, 3.8) is 0 Å². The molecular formula is C12H10ClFN4S. The van der Waals surface area contributed by atoms with Crippen molar-refractivity contribution in [3.05, 3.63) is 39.1 Å². The van der Waals surface area contributed by atoms with Gasteiger partial charge in [-0.15, -0.1) is 11.3 Å². The maximum Gasteiger partial charge on any atom is 0.201 e. The Kier molecular flexibility index (Phi) is 2.91. The molecule has 19 heavy (non-hydrogen) atoms. The maximum atomic E-state index is 13.6. The molecule has 1 aromatic carbocycles. The molecule has 0 aliphatic rings. The predicted octanol–water partition coefficient (Wildman–Crippen LogP) is 3.22. The van der Waals surface area contributed by atoms with Gasteiger partial charge in [0, 0.05) is 11.4 Å². The number of anilines is 1. The summed E-state index contributed by atoms with van der Waals surface area (Å²) in [6, 6.07) is 2.83. The first kappa shape index (κ1) is 12.4. The summed E-state index contributed by atoms with van der Waals surface area (Å²) in [4.78, 5) is 8.55. The maximum absolute atomic E-state index is 13.6. The van der Waals surface area contributed by atoms with Gasteiger partial charge in [-0.25, -0.2) is 14.4 Å². The van der Waals surface area contributed by atoms with Crippen LogP contribution < -0.4 is 5.73 Å². The van der Waals surface area contributed by atoms with Crippen LogP contribution in [0.2, 0.25) is 5.02 Å². The number of hydrogen-bond acceptors (Lipinski definition) is 4. The smallest absolute Gasteiger partial charge is 0.201 e. The fourth-order valence-electron chi connectivity index (χ4n) is 1.95. The first-order valence-electron chi connectivity index (χ1n) is 5.56. The van der Waals surface area contributed by atoms with E-state index in [0.29, 0.717) is 23.5 Å². The molecule has 98 valence electrons. The number of benzene rings is 1. The molecule has 0 atom stereocenters. The third kappa shape index (κ3) is 2.17. The van der Waals surface area contributed by atoms with Crippen molar-refractivity contribution < 1.29 is 4.39 Å². The van der Waals surface area contributed by atoms with Crippen LogP contribution in [-0.4, -0.2) is 14.5 Å². The van der Waals surface area contributed by atoms with Crippen molar-refractivity contribution in [2.75, 3.05) is 5.73 Å². The highest BCUT2D eigenvalue weighted by molar-refractivity contribution is 7.09. The van der Waals surface area contributed by atoms with E-state index >= 15 is 0 Å². The second kappa shape index (κ2) is 4.47. The number of aromatic nitrogens is 3. The van der Waals surface area contributed by atoms with Crippen LogP contribution in [0, 0.1) is 12.7 Å². The lowest BCUT2D eigenvalue weighted by Crippen LogP contribution is -2.05. The highest BCUT2D eigenvalue weighted by Crippen LogP contribution is 2.25. The van der Waals surface area contributed by atoms with Gasteiger partial charge in [0.25, 0.3) is 0 Å². The summed E-state index contributed by atoms with van der Waals surface area (Å²) in [5.41, 5.74) is 7.94. The van der Waals surface area contributed by atoms with Crippen LogP contribution in [0.25, 0.3) is 11.0 Å². The van der Waals surface area contributed by atoms with Gasteiger partial charge in [0.05, 0.1) is 33.3 Å². The van der Waals surface area contributed by atoms with Crippen molar-refractivity contribution in [3.8, 4) is 0 Å². The first-order valence-corrected chi connectivity index (χ1v) is 6.82. The first-order chi connectivity index (χ1) is 9.04. The van der Waals surface area contributed by atoms with E-state index in [1.807, 2.05) is 12.3 Å². The third-order valence-electron chi connectivity index (χ3n) is 2.81. The number of rotatable bonds is 2. The topological polar surface area (TPSA) is 56.7 Å². The number of nitrogens with zero attached hydrogens (tertiary/aromatic N) is 3. The Bertz CT molecular complexity index is 765. The summed E-state index contributed by atoms with van der Waals surface area (Å²) in [6.07, 6.45) is 0. The molecule has 2 N–H and O–H groups in total. The second-order valence-corrected chi connectivity index (χ2v) is 5.64. The second-order valence-electron chi connectivity index (χ2n) is 4.17. The van der Waals surface area contributed by atoms with Gasteiger partial charge in [0.2, 0.25) is 5.95 Å². The Morgan fingerprint density at radius 3 is 2.89 bits per heavy atom. The van der Waals surface area contributed by atoms with Crippen molar-refractivity contribution in [1.82, 2.24) is 14.5 Å². The van der Waals surface area contributed by atoms with E-state index in [-0.39, 0.29) is 5.02 Å². The van der Waals surface area contributed by atoms with E-state index in [4.69, 9.17) is 17.3 Å². The quantitative estimate of drug-likeness (QED) is 0.790. The van der Waals surface area contributed by atoms with Crippen molar-refractivity contribution in [2.45, 2.75) is 13.5 Å². The number of aryl methyl sites for hydroxylation is 1. The molecule has 2 aromatic heterocycles. The molecule has 7 heteroatoms. The Morgan fingerprint density at radius 2 is 2.21 bits per heavy atom. The zero-order valence-electron chi connectivity index (χ0n) is 10.0. The van der Waals surface area contributed by atoms with E-state index in [0.717, 1.165) is 10.7 Å². The molecule has 0 saturated carbocycles. The van der Waals surface area contributed by atoms with Crippen molar-refractivity contribution in [2.24, 2.45) is 0 Å². The monoisotopic (exact) mass is 296 g/mol. The lowest BCUT2D eigenvalue weighted by atomic mass is 10.3. The van der Waals surface area contributed by atoms with E-state index in [1.165, 1.54) is 12.1 Å². The standard InChI is InChI=1S/C12H10ClFN4S/c1-6-16-7(5-19-6)4-18-11-3-9(14)8(13)2-10(11)17-12(18)15/h2-3,5H,4H2,1H3,(H2,15,17). The number of hydrogen-bond donors (Lipinski definition) is 1. The molecule has 0 aliphatic carbocycles. The summed E-state index contributed by atoms with van der Waals surface area (Å²) < 4.78 is 15.3. The van der Waals surface area contributed by atoms with Gasteiger partial charge in [0.1, 0.15) is 5.82 Å². The highest BCUT2D eigenvalue weighted by atomic mass is 35.5. The summed E-state index contributed by atoms with van der Waals surface area (Å²) in [7, 11) is 0. The Morgan fingerprint density at radius 1 is 1.42 bits per heavy atom. The summed E-state index contributed by atoms with van der Waals surface area (Å²) in [5.74, 6) is -0.160. The van der Waals surface area contributed by atoms with Crippen LogP contribution in [0.4, 0.5) is 10.3 Å². The number of nitrogen functional groups attached to an aromatic ring is 1. The molecule has 0 unspecified atom stereocenters. The van der Waals surface area contributed by atoms with Crippen LogP contribution in [-0.2, 0) is 6.54 Å². The number of imidazole rings is 1. The zero-order valence-corrected chi connectivity index (χ0v) is 11.6. The Balaban J connectivity index is 2.12. The molecule has 0 fully saturated rings. The fraction of sp³-hybridized carbons (Fsp3) is 0.167. The Hall–Kier alpha value is -1.66. The van der Waals surface area contributed by atoms with Crippen LogP contribution in [0.5, 0.6) is 0 Å². The van der Waals surface area contributed by atoms with Crippen molar-refractivity contribution in [1.29, 1.82) is 0 Å². The normalized spacial score (nSPS) is 11.3. The molecule has 2 heterocycles. The average molecular weight is 297 g/mol. The van der Waals surface area contributed by atoms with Gasteiger partial charge >= 0.3 is 0 Å². The molecular weight excluding hydrogens is 287 g/mol. The molecule has 3 aromatic rings. The number of nitrogens with two attached hydrogens (primary N) is 1. The minimum absolute atomic E-state index is 0.0432. The predicted molar refractivity (Wildman–Crippen MR) is 75.1 cm³/mol. The molecule has 0 saturated heterocycles. The van der Waals surface area contributed by atoms with E-state index < -0.39 is 5.82 Å². The summed E-state index contributed by atoms with van der Waals surface area (Å²) in [5, 5.41) is 2.97. The fourth-order valence-corrected chi connectivity index (χ4v) is 2.71. The van der Waals surface area contributed by atoms with Crippen LogP contribution in [0.3, 0.4) is 0 Å². The van der Waals surface area contributed by atoms with Crippen LogP contribution in [0.15, 0.2) is 17.5 Å². The molecule has 0 amide bonds. The SMILES string of the molecule is Cc1nc(Cn2c(N)nc3cc(Cl)c(F)cc32)cs1. The van der Waals surface area contributed by atoms with E-state index in [2.05, 4.69) is 9.97 Å². The molecule has 0 aliphatic heterocycles. The number of fused-ring (bicyclic) bond motifs is 1. The van der Waals surface area contributed by atoms with Gasteiger partial charge in [-0.1, -0.05) is 11.6 Å². The van der Waals surface area contributed by atoms with Gasteiger partial charge in [-0.2, -0.15) is 0 Å². The van der Waals surface area contributed by atoms with Crippen LogP contribution >= 0.6 is 22.9 Å². The molecule has 3 rings (SSSR count). The zero-order chi connectivity index (χ0) is 13.6. The minimum atomic E-state index is -0.482. The minimum Gasteiger partial charge on any atom is -0.369 e. The van der Waals surface area contributed by atoms with Gasteiger partial charge in [0.15, 0.2) is 0 Å². The Labute approximate surface area is 117 Å². The van der Waals surface area contributed by atoms with E-state index in [9.17, 15) is 4.39 Å². The summed E-state index contributed by atoms with van der Waals surface area (Å²) >= 11 is 7.30. The molecule has 4 nitrogen and oxygen atoms in total. The molecule has 0 radical (unpaired) electrons. The average Bonchev–Trinajstić information content (AvgIpc) is 2.87. The van der Waals surface area contributed by atoms with Gasteiger partial charge in [-0.3, -0.25) is 0 Å². The van der Waals surface area contributed by atoms with Crippen molar-refractivity contribution >= 4 is 39.9 Å². The number of halogens is 2. The van der Waals surface area contributed by atoms with Gasteiger partial charge in [-0.05, 0) is 13.0 Å². The van der Waals surface area contributed by atoms with Crippen LogP contribution in [0.1, 0.15) is 10.7 Å². The lowest BCUT2D eigenvalue weighted by molar-refractivity contribution is 0.629. The third-order valence-corrected chi connectivity index (χ3v) is 3.92. The highest BCUT2D eigenvalue weighted by Gasteiger charge is 2.13. The number of thiazole rings is 1. The van der Waals surface area contributed by atoms with Gasteiger partial charge < -0.3 is 10.3 Å². The van der Waals surface area contributed by atoms with E-state index in [1.54, 1.807) is 15.9 Å². The lowest BCUT2D eigenvalue weighted by Gasteiger charge is -2.04. The molecule has 0 spiro atoms.